The summed E-state index contributed by atoms with van der Waals surface area (Å²) in [5, 5.41) is 4.75. The molecule has 0 spiro atoms. The highest BCUT2D eigenvalue weighted by Gasteiger charge is 2.50. The van der Waals surface area contributed by atoms with E-state index in [-0.39, 0.29) is 48.0 Å². The van der Waals surface area contributed by atoms with Crippen LogP contribution >= 0.6 is 0 Å². The van der Waals surface area contributed by atoms with Crippen molar-refractivity contribution >= 4 is 30.8 Å². The van der Waals surface area contributed by atoms with E-state index in [1.807, 2.05) is 66.7 Å². The highest BCUT2D eigenvalue weighted by molar-refractivity contribution is 6.99. The monoisotopic (exact) mass is 639 g/mol. The van der Waals surface area contributed by atoms with Crippen LogP contribution in [0.5, 0.6) is 0 Å². The Bertz CT molecular complexity index is 1680. The molecule has 0 unspecified atom stereocenters. The van der Waals surface area contributed by atoms with E-state index in [0.29, 0.717) is 0 Å². The molecule has 2 aromatic heterocycles. The van der Waals surface area contributed by atoms with Gasteiger partial charge in [0.25, 0.3) is 8.32 Å². The molecular formula is C35H37N3O7Si. The lowest BCUT2D eigenvalue weighted by Crippen LogP contribution is -2.67. The highest BCUT2D eigenvalue weighted by Crippen LogP contribution is 2.37. The molecule has 1 amide bonds. The number of hydrogen-bond acceptors (Lipinski definition) is 9. The maximum Gasteiger partial charge on any atom is 0.408 e. The van der Waals surface area contributed by atoms with Crippen molar-refractivity contribution in [1.82, 2.24) is 15.3 Å². The van der Waals surface area contributed by atoms with Gasteiger partial charge in [-0.3, -0.25) is 0 Å². The van der Waals surface area contributed by atoms with Gasteiger partial charge in [-0.15, -0.1) is 0 Å². The second kappa shape index (κ2) is 14.4. The van der Waals surface area contributed by atoms with Crippen LogP contribution in [-0.2, 0) is 20.5 Å². The van der Waals surface area contributed by atoms with Crippen LogP contribution in [0.15, 0.2) is 112 Å². The first kappa shape index (κ1) is 32.4. The van der Waals surface area contributed by atoms with Crippen molar-refractivity contribution in [1.29, 1.82) is 0 Å². The molecule has 238 valence electrons. The number of rotatable bonds is 12. The second-order valence-electron chi connectivity index (χ2n) is 11.6. The molecule has 0 aliphatic rings. The largest absolute Gasteiger partial charge is 0.461 e. The SMILES string of the molecule is CCOC(=O)c1coc(-c2coc([C@H](CO[Si](c3ccccc3)(c3ccccc3)C(C)(C)C)NC(=O)OCc3ccccc3)n2)n1. The maximum absolute atomic E-state index is 13.1. The molecule has 0 aliphatic heterocycles. The molecule has 0 aliphatic carbocycles. The Morgan fingerprint density at radius 1 is 0.826 bits per heavy atom. The first-order valence-electron chi connectivity index (χ1n) is 15.0. The summed E-state index contributed by atoms with van der Waals surface area (Å²) in [7, 11) is -2.99. The predicted molar refractivity (Wildman–Crippen MR) is 174 cm³/mol. The highest BCUT2D eigenvalue weighted by atomic mass is 28.4. The second-order valence-corrected chi connectivity index (χ2v) is 15.9. The van der Waals surface area contributed by atoms with E-state index in [2.05, 4.69) is 60.3 Å². The van der Waals surface area contributed by atoms with E-state index in [1.165, 1.54) is 12.5 Å². The van der Waals surface area contributed by atoms with Crippen LogP contribution in [0.4, 0.5) is 4.79 Å². The Balaban J connectivity index is 1.47. The maximum atomic E-state index is 13.1. The quantitative estimate of drug-likeness (QED) is 0.128. The number of alkyl carbamates (subject to hydrolysis) is 1. The summed E-state index contributed by atoms with van der Waals surface area (Å²) in [4.78, 5) is 34.0. The standard InChI is InChI=1S/C35H37N3O7Si/c1-5-41-33(39)30-23-43-31(37-30)28-22-42-32(36-28)29(38-34(40)44-21-25-15-9-6-10-16-25)24-45-46(35(2,3)4,26-17-11-7-12-18-26)27-19-13-8-14-20-27/h6-20,22-23,29H,5,21,24H2,1-4H3,(H,38,40)/t29-/m0/s1. The molecule has 0 saturated carbocycles. The van der Waals surface area contributed by atoms with Gasteiger partial charge in [0, 0.05) is 0 Å². The van der Waals surface area contributed by atoms with Gasteiger partial charge in [-0.05, 0) is 27.9 Å². The zero-order valence-corrected chi connectivity index (χ0v) is 27.3. The number of ether oxygens (including phenoxy) is 2. The summed E-state index contributed by atoms with van der Waals surface area (Å²) in [5.74, 6) is -0.391. The minimum atomic E-state index is -2.99. The average Bonchev–Trinajstić information content (AvgIpc) is 3.75. The molecule has 5 aromatic rings. The van der Waals surface area contributed by atoms with Crippen molar-refractivity contribution in [2.24, 2.45) is 0 Å². The van der Waals surface area contributed by atoms with E-state index in [1.54, 1.807) is 6.92 Å². The molecule has 46 heavy (non-hydrogen) atoms. The van der Waals surface area contributed by atoms with E-state index < -0.39 is 26.4 Å². The van der Waals surface area contributed by atoms with Crippen molar-refractivity contribution < 1.29 is 32.3 Å². The molecule has 0 bridgehead atoms. The zero-order chi connectivity index (χ0) is 32.6. The summed E-state index contributed by atoms with van der Waals surface area (Å²) in [6.45, 7) is 8.52. The van der Waals surface area contributed by atoms with Gasteiger partial charge in [-0.1, -0.05) is 112 Å². The van der Waals surface area contributed by atoms with Gasteiger partial charge in [0.15, 0.2) is 11.4 Å². The van der Waals surface area contributed by atoms with Crippen molar-refractivity contribution in [2.45, 2.75) is 45.4 Å². The number of carbonyl (C=O) groups is 2. The molecular weight excluding hydrogens is 602 g/mol. The number of amides is 1. The smallest absolute Gasteiger partial charge is 0.408 e. The Hall–Kier alpha value is -5.00. The van der Waals surface area contributed by atoms with E-state index in [4.69, 9.17) is 22.7 Å². The number of esters is 1. The lowest BCUT2D eigenvalue weighted by atomic mass is 10.2. The summed E-state index contributed by atoms with van der Waals surface area (Å²) >= 11 is 0. The predicted octanol–water partition coefficient (Wildman–Crippen LogP) is 6.05. The van der Waals surface area contributed by atoms with Gasteiger partial charge >= 0.3 is 12.1 Å². The van der Waals surface area contributed by atoms with Crippen LogP contribution in [0, 0.1) is 0 Å². The van der Waals surface area contributed by atoms with Crippen LogP contribution in [0.1, 0.15) is 55.7 Å². The van der Waals surface area contributed by atoms with Crippen molar-refractivity contribution in [2.75, 3.05) is 13.2 Å². The van der Waals surface area contributed by atoms with Crippen LogP contribution < -0.4 is 15.7 Å². The first-order chi connectivity index (χ1) is 22.2. The Morgan fingerprint density at radius 2 is 1.43 bits per heavy atom. The van der Waals surface area contributed by atoms with Gasteiger partial charge in [-0.2, -0.15) is 0 Å². The van der Waals surface area contributed by atoms with Gasteiger partial charge in [0.1, 0.15) is 25.2 Å². The van der Waals surface area contributed by atoms with E-state index in [9.17, 15) is 9.59 Å². The number of carbonyl (C=O) groups excluding carboxylic acids is 2. The zero-order valence-electron chi connectivity index (χ0n) is 26.3. The molecule has 5 rings (SSSR count). The number of benzene rings is 3. The molecule has 2 heterocycles. The van der Waals surface area contributed by atoms with Crippen molar-refractivity contribution in [3.05, 3.63) is 121 Å². The minimum absolute atomic E-state index is 0.00980. The van der Waals surface area contributed by atoms with Crippen molar-refractivity contribution in [3.63, 3.8) is 0 Å². The lowest BCUT2D eigenvalue weighted by molar-refractivity contribution is 0.0519. The third-order valence-corrected chi connectivity index (χ3v) is 12.4. The number of hydrogen-bond donors (Lipinski definition) is 1. The molecule has 1 N–H and O–H groups in total. The molecule has 1 atom stereocenters. The molecule has 11 heteroatoms. The van der Waals surface area contributed by atoms with Crippen molar-refractivity contribution in [3.8, 4) is 11.6 Å². The summed E-state index contributed by atoms with van der Waals surface area (Å²) in [6, 6.07) is 28.9. The Kier molecular flexibility index (Phi) is 10.1. The van der Waals surface area contributed by atoms with Gasteiger partial charge < -0.3 is 28.1 Å². The fourth-order valence-corrected chi connectivity index (χ4v) is 9.86. The first-order valence-corrected chi connectivity index (χ1v) is 16.9. The number of nitrogens with zero attached hydrogens (tertiary/aromatic N) is 2. The molecule has 3 aromatic carbocycles. The molecule has 0 fully saturated rings. The minimum Gasteiger partial charge on any atom is -0.461 e. The molecule has 0 saturated heterocycles. The Labute approximate surface area is 268 Å². The van der Waals surface area contributed by atoms with Crippen LogP contribution in [0.25, 0.3) is 11.6 Å². The Morgan fingerprint density at radius 3 is 2.02 bits per heavy atom. The number of oxazole rings is 2. The summed E-state index contributed by atoms with van der Waals surface area (Å²) in [6.07, 6.45) is 1.88. The normalized spacial score (nSPS) is 12.3. The lowest BCUT2D eigenvalue weighted by Gasteiger charge is -2.43. The number of aromatic nitrogens is 2. The van der Waals surface area contributed by atoms with Crippen LogP contribution in [-0.4, -0.2) is 43.6 Å². The summed E-state index contributed by atoms with van der Waals surface area (Å²) in [5.41, 5.74) is 1.09. The van der Waals surface area contributed by atoms with Crippen LogP contribution in [0.3, 0.4) is 0 Å². The molecule has 0 radical (unpaired) electrons. The van der Waals surface area contributed by atoms with E-state index in [0.717, 1.165) is 15.9 Å². The number of nitrogens with one attached hydrogen (secondary N) is 1. The van der Waals surface area contributed by atoms with Gasteiger partial charge in [0.05, 0.1) is 13.2 Å². The third kappa shape index (κ3) is 7.27. The molecule has 10 nitrogen and oxygen atoms in total. The van der Waals surface area contributed by atoms with Crippen LogP contribution in [0.2, 0.25) is 5.04 Å². The fourth-order valence-electron chi connectivity index (χ4n) is 5.29. The van der Waals surface area contributed by atoms with Gasteiger partial charge in [-0.25, -0.2) is 19.6 Å². The van der Waals surface area contributed by atoms with Gasteiger partial charge in [0.2, 0.25) is 11.8 Å². The topological polar surface area (TPSA) is 126 Å². The average molecular weight is 640 g/mol. The fraction of sp³-hybridized carbons (Fsp3) is 0.257. The summed E-state index contributed by atoms with van der Waals surface area (Å²) < 4.78 is 29.0. The van der Waals surface area contributed by atoms with E-state index >= 15 is 0 Å². The third-order valence-electron chi connectivity index (χ3n) is 7.42.